The molecule has 2 aliphatic rings. The van der Waals surface area contributed by atoms with Crippen LogP contribution in [-0.4, -0.2) is 141 Å². The number of benzene rings is 3. The molecule has 3 aromatic heterocycles. The fourth-order valence-electron chi connectivity index (χ4n) is 8.28. The molecule has 0 bridgehead atoms. The lowest BCUT2D eigenvalue weighted by Crippen LogP contribution is -2.46. The first-order chi connectivity index (χ1) is 33.2. The number of aromatic nitrogens is 7. The Balaban J connectivity index is 0.732. The zero-order valence-corrected chi connectivity index (χ0v) is 37.8. The number of aldehydes is 1. The number of nitrogen functional groups attached to an aromatic ring is 1. The minimum Gasteiger partial charge on any atom is -0.457 e. The van der Waals surface area contributed by atoms with E-state index in [2.05, 4.69) is 37.5 Å². The monoisotopic (exact) mass is 926 g/mol. The molecule has 68 heavy (non-hydrogen) atoms. The molecule has 6 aromatic rings. The van der Waals surface area contributed by atoms with Crippen molar-refractivity contribution in [1.82, 2.24) is 49.9 Å². The van der Waals surface area contributed by atoms with Gasteiger partial charge in [0.05, 0.1) is 81.0 Å². The van der Waals surface area contributed by atoms with Crippen molar-refractivity contribution in [2.45, 2.75) is 44.3 Å². The molecule has 0 aliphatic carbocycles. The average molecular weight is 927 g/mol. The van der Waals surface area contributed by atoms with Crippen LogP contribution >= 0.6 is 0 Å². The van der Waals surface area contributed by atoms with Crippen LogP contribution in [0.2, 0.25) is 0 Å². The Bertz CT molecular complexity index is 2730. The molecule has 2 atom stereocenters. The third-order valence-corrected chi connectivity index (χ3v) is 11.8. The molecule has 0 spiro atoms. The van der Waals surface area contributed by atoms with Gasteiger partial charge in [-0.25, -0.2) is 19.3 Å². The van der Waals surface area contributed by atoms with Gasteiger partial charge in [-0.2, -0.15) is 5.10 Å². The summed E-state index contributed by atoms with van der Waals surface area (Å²) < 4.78 is 26.5. The van der Waals surface area contributed by atoms with E-state index >= 15 is 0 Å². The molecule has 0 saturated carbocycles. The third-order valence-electron chi connectivity index (χ3n) is 11.8. The van der Waals surface area contributed by atoms with Gasteiger partial charge in [0.25, 0.3) is 11.8 Å². The summed E-state index contributed by atoms with van der Waals surface area (Å²) in [5, 5.41) is 19.9. The molecule has 2 unspecified atom stereocenters. The lowest BCUT2D eigenvalue weighted by molar-refractivity contribution is -0.121. The zero-order valence-electron chi connectivity index (χ0n) is 37.8. The summed E-state index contributed by atoms with van der Waals surface area (Å²) in [6, 6.07) is 21.7. The molecule has 2 saturated heterocycles. The molecule has 20 heteroatoms. The molecule has 3 aromatic carbocycles. The topological polar surface area (TPSA) is 236 Å². The van der Waals surface area contributed by atoms with Crippen molar-refractivity contribution in [3.8, 4) is 22.8 Å². The number of anilines is 2. The van der Waals surface area contributed by atoms with Gasteiger partial charge in [0.15, 0.2) is 17.6 Å². The van der Waals surface area contributed by atoms with Crippen molar-refractivity contribution in [2.75, 3.05) is 77.4 Å². The number of ether oxygens (including phenoxy) is 4. The van der Waals surface area contributed by atoms with E-state index < -0.39 is 0 Å². The first-order valence-corrected chi connectivity index (χ1v) is 22.5. The van der Waals surface area contributed by atoms with Gasteiger partial charge in [-0.15, -0.1) is 5.10 Å². The Labute approximate surface area is 392 Å². The summed E-state index contributed by atoms with van der Waals surface area (Å²) in [6.07, 6.45) is 6.02. The number of piperidine rings is 2. The highest BCUT2D eigenvalue weighted by Crippen LogP contribution is 2.35. The van der Waals surface area contributed by atoms with Gasteiger partial charge >= 0.3 is 0 Å². The molecule has 3 amide bonds. The second-order valence-corrected chi connectivity index (χ2v) is 16.3. The van der Waals surface area contributed by atoms with E-state index in [1.165, 1.54) is 11.2 Å². The first-order valence-electron chi connectivity index (χ1n) is 22.5. The van der Waals surface area contributed by atoms with Crippen LogP contribution in [0.15, 0.2) is 97.6 Å². The van der Waals surface area contributed by atoms with E-state index in [1.54, 1.807) is 41.0 Å². The SMILES string of the molecule is C=C1NC(=O)CCC1N(C)C(=O)c1cccc(NCCOCCOCCOCCn2cc(C(=O)N3CCCC(n4nc(-c5ccc(Oc6ccccc6)cc5)c5c(N)ncnc54)C3)nn2)c1C=O. The number of amides is 3. The van der Waals surface area contributed by atoms with Gasteiger partial charge in [0.1, 0.15) is 29.3 Å². The standard InChI is InChI=1S/C48H54N12O8/c1-32-41(17-18-42(62)53-32)57(2)47(63)37-11-6-12-39(38(37)30-61)50-19-22-65-24-26-67-27-25-66-23-21-59-29-40(54-56-59)48(64)58-20-7-8-34(28-58)60-46-43(45(49)51-31-52-46)44(55-60)33-13-15-36(16-14-33)68-35-9-4-3-5-10-35/h3-6,9-16,29-31,34,41,50H,1,7-8,17-28H2,2H3,(H,53,62)(H2,49,51,52). The van der Waals surface area contributed by atoms with E-state index in [-0.39, 0.29) is 53.0 Å². The molecule has 8 rings (SSSR count). The maximum Gasteiger partial charge on any atom is 0.276 e. The van der Waals surface area contributed by atoms with Crippen molar-refractivity contribution in [2.24, 2.45) is 0 Å². The van der Waals surface area contributed by atoms with Gasteiger partial charge in [-0.3, -0.25) is 19.2 Å². The molecule has 2 aliphatic heterocycles. The van der Waals surface area contributed by atoms with Crippen molar-refractivity contribution in [3.63, 3.8) is 0 Å². The number of hydrogen-bond donors (Lipinski definition) is 3. The second-order valence-electron chi connectivity index (χ2n) is 16.3. The second kappa shape index (κ2) is 22.3. The lowest BCUT2D eigenvalue weighted by atomic mass is 10.00. The minimum atomic E-state index is -0.365. The van der Waals surface area contributed by atoms with Crippen LogP contribution in [0.1, 0.15) is 62.9 Å². The Morgan fingerprint density at radius 1 is 0.941 bits per heavy atom. The van der Waals surface area contributed by atoms with E-state index in [9.17, 15) is 19.2 Å². The third kappa shape index (κ3) is 11.2. The van der Waals surface area contributed by atoms with E-state index in [1.807, 2.05) is 59.3 Å². The number of nitrogens with two attached hydrogens (primary N) is 1. The summed E-state index contributed by atoms with van der Waals surface area (Å²) in [5.74, 6) is 1.06. The van der Waals surface area contributed by atoms with Crippen LogP contribution in [0.3, 0.4) is 0 Å². The maximum absolute atomic E-state index is 13.7. The molecule has 4 N–H and O–H groups in total. The summed E-state index contributed by atoms with van der Waals surface area (Å²) in [4.78, 5) is 62.9. The summed E-state index contributed by atoms with van der Waals surface area (Å²) in [7, 11) is 1.64. The van der Waals surface area contributed by atoms with Crippen LogP contribution < -0.4 is 21.1 Å². The number of nitrogens with one attached hydrogen (secondary N) is 2. The summed E-state index contributed by atoms with van der Waals surface area (Å²) in [5.41, 5.74) is 10.2. The number of para-hydroxylation sites is 1. The normalized spacial score (nSPS) is 16.1. The molecule has 20 nitrogen and oxygen atoms in total. The molecule has 2 fully saturated rings. The summed E-state index contributed by atoms with van der Waals surface area (Å²) >= 11 is 0. The average Bonchev–Trinajstić information content (AvgIpc) is 4.00. The van der Waals surface area contributed by atoms with Crippen molar-refractivity contribution in [3.05, 3.63) is 114 Å². The minimum absolute atomic E-state index is 0.128. The van der Waals surface area contributed by atoms with Gasteiger partial charge in [-0.05, 0) is 67.8 Å². The van der Waals surface area contributed by atoms with E-state index in [0.29, 0.717) is 118 Å². The van der Waals surface area contributed by atoms with Crippen LogP contribution in [0.5, 0.6) is 11.5 Å². The molecule has 0 radical (unpaired) electrons. The smallest absolute Gasteiger partial charge is 0.276 e. The highest BCUT2D eigenvalue weighted by Gasteiger charge is 2.32. The van der Waals surface area contributed by atoms with E-state index in [0.717, 1.165) is 24.2 Å². The number of hydrogen-bond acceptors (Lipinski definition) is 15. The molecular formula is C48H54N12O8. The van der Waals surface area contributed by atoms with Crippen LogP contribution in [0.25, 0.3) is 22.3 Å². The predicted molar refractivity (Wildman–Crippen MR) is 251 cm³/mol. The summed E-state index contributed by atoms with van der Waals surface area (Å²) in [6.45, 7) is 7.77. The van der Waals surface area contributed by atoms with Crippen LogP contribution in [0.4, 0.5) is 11.5 Å². The van der Waals surface area contributed by atoms with Crippen molar-refractivity contribution < 1.29 is 38.1 Å². The van der Waals surface area contributed by atoms with Crippen molar-refractivity contribution >= 4 is 46.5 Å². The molecular weight excluding hydrogens is 873 g/mol. The largest absolute Gasteiger partial charge is 0.457 e. The van der Waals surface area contributed by atoms with Crippen molar-refractivity contribution in [1.29, 1.82) is 0 Å². The number of carbonyl (C=O) groups excluding carboxylic acids is 4. The van der Waals surface area contributed by atoms with Gasteiger partial charge < -0.3 is 45.1 Å². The predicted octanol–water partition coefficient (Wildman–Crippen LogP) is 4.78. The Hall–Kier alpha value is -7.55. The fraction of sp³-hybridized carbons (Fsp3) is 0.354. The Morgan fingerprint density at radius 2 is 1.69 bits per heavy atom. The fourth-order valence-corrected chi connectivity index (χ4v) is 8.28. The number of nitrogens with zero attached hydrogens (tertiary/aromatic N) is 9. The highest BCUT2D eigenvalue weighted by molar-refractivity contribution is 6.04. The number of fused-ring (bicyclic) bond motifs is 1. The number of likely N-dealkylation sites (N-methyl/N-ethyl adjacent to an activating group) is 1. The zero-order chi connectivity index (χ0) is 47.4. The highest BCUT2D eigenvalue weighted by atomic mass is 16.5. The number of likely N-dealkylation sites (tertiary alicyclic amines) is 1. The number of carbonyl (C=O) groups is 4. The maximum atomic E-state index is 13.7. The van der Waals surface area contributed by atoms with Gasteiger partial charge in [0, 0.05) is 50.1 Å². The lowest BCUT2D eigenvalue weighted by Gasteiger charge is -2.33. The Morgan fingerprint density at radius 3 is 2.46 bits per heavy atom. The van der Waals surface area contributed by atoms with E-state index in [4.69, 9.17) is 29.8 Å². The Kier molecular flexibility index (Phi) is 15.4. The van der Waals surface area contributed by atoms with Gasteiger partial charge in [-0.1, -0.05) is 36.1 Å². The molecule has 354 valence electrons. The number of rotatable bonds is 21. The van der Waals surface area contributed by atoms with Crippen LogP contribution in [0, 0.1) is 0 Å². The van der Waals surface area contributed by atoms with Crippen LogP contribution in [-0.2, 0) is 25.5 Å². The first kappa shape index (κ1) is 47.0. The van der Waals surface area contributed by atoms with Gasteiger partial charge in [0.2, 0.25) is 5.91 Å². The molecule has 5 heterocycles. The quantitative estimate of drug-likeness (QED) is 0.0651.